The lowest BCUT2D eigenvalue weighted by molar-refractivity contribution is 0.0944. The van der Waals surface area contributed by atoms with Crippen molar-refractivity contribution in [3.05, 3.63) is 23.8 Å². The maximum atomic E-state index is 12.1. The molecule has 0 fully saturated rings. The van der Waals surface area contributed by atoms with Gasteiger partial charge in [-0.05, 0) is 24.5 Å². The van der Waals surface area contributed by atoms with Gasteiger partial charge in [0, 0.05) is 12.4 Å². The highest BCUT2D eigenvalue weighted by Crippen LogP contribution is 2.30. The summed E-state index contributed by atoms with van der Waals surface area (Å²) in [4.78, 5) is 12.1. The quantitative estimate of drug-likeness (QED) is 0.784. The van der Waals surface area contributed by atoms with E-state index in [2.05, 4.69) is 5.32 Å². The van der Waals surface area contributed by atoms with Crippen molar-refractivity contribution < 1.29 is 14.3 Å². The fourth-order valence-electron chi connectivity index (χ4n) is 1.72. The molecule has 0 spiro atoms. The summed E-state index contributed by atoms with van der Waals surface area (Å²) in [5, 5.41) is 2.88. The molecule has 0 saturated heterocycles. The SMILES string of the molecule is COc1cccc(C(=O)NCC(C)CCCl)c1OC. The molecule has 0 radical (unpaired) electrons. The zero-order valence-electron chi connectivity index (χ0n) is 11.5. The minimum atomic E-state index is -0.169. The smallest absolute Gasteiger partial charge is 0.255 e. The van der Waals surface area contributed by atoms with Gasteiger partial charge in [-0.3, -0.25) is 4.79 Å². The summed E-state index contributed by atoms with van der Waals surface area (Å²) < 4.78 is 10.4. The van der Waals surface area contributed by atoms with E-state index in [0.29, 0.717) is 35.4 Å². The lowest BCUT2D eigenvalue weighted by atomic mass is 10.1. The van der Waals surface area contributed by atoms with Crippen LogP contribution >= 0.6 is 11.6 Å². The van der Waals surface area contributed by atoms with Crippen LogP contribution in [0.5, 0.6) is 11.5 Å². The molecular weight excluding hydrogens is 266 g/mol. The van der Waals surface area contributed by atoms with Gasteiger partial charge >= 0.3 is 0 Å². The molecule has 4 nitrogen and oxygen atoms in total. The Hall–Kier alpha value is -1.42. The minimum Gasteiger partial charge on any atom is -0.493 e. The zero-order chi connectivity index (χ0) is 14.3. The van der Waals surface area contributed by atoms with Crippen molar-refractivity contribution in [3.8, 4) is 11.5 Å². The second-order valence-electron chi connectivity index (χ2n) is 4.33. The average Bonchev–Trinajstić information content (AvgIpc) is 2.44. The Morgan fingerprint density at radius 3 is 2.68 bits per heavy atom. The van der Waals surface area contributed by atoms with Crippen molar-refractivity contribution in [2.45, 2.75) is 13.3 Å². The topological polar surface area (TPSA) is 47.6 Å². The monoisotopic (exact) mass is 285 g/mol. The molecule has 1 amide bonds. The van der Waals surface area contributed by atoms with E-state index in [0.717, 1.165) is 6.42 Å². The normalized spacial score (nSPS) is 11.8. The van der Waals surface area contributed by atoms with Crippen LogP contribution in [0, 0.1) is 5.92 Å². The second kappa shape index (κ2) is 7.89. The van der Waals surface area contributed by atoms with Crippen molar-refractivity contribution in [1.82, 2.24) is 5.32 Å². The molecule has 0 heterocycles. The highest BCUT2D eigenvalue weighted by Gasteiger charge is 2.16. The van der Waals surface area contributed by atoms with Crippen LogP contribution in [0.2, 0.25) is 0 Å². The molecule has 0 saturated carbocycles. The Kier molecular flexibility index (Phi) is 6.50. The van der Waals surface area contributed by atoms with Crippen molar-refractivity contribution >= 4 is 17.5 Å². The molecule has 0 aliphatic heterocycles. The van der Waals surface area contributed by atoms with Crippen LogP contribution in [0.1, 0.15) is 23.7 Å². The van der Waals surface area contributed by atoms with Crippen molar-refractivity contribution in [3.63, 3.8) is 0 Å². The Labute approximate surface area is 119 Å². The number of carbonyl (C=O) groups excluding carboxylic acids is 1. The molecule has 19 heavy (non-hydrogen) atoms. The van der Waals surface area contributed by atoms with E-state index in [1.165, 1.54) is 7.11 Å². The number of ether oxygens (including phenoxy) is 2. The molecule has 0 aliphatic rings. The third kappa shape index (κ3) is 4.31. The van der Waals surface area contributed by atoms with E-state index in [1.807, 2.05) is 6.92 Å². The van der Waals surface area contributed by atoms with Gasteiger partial charge in [0.05, 0.1) is 19.8 Å². The van der Waals surface area contributed by atoms with E-state index in [9.17, 15) is 4.79 Å². The fraction of sp³-hybridized carbons (Fsp3) is 0.500. The van der Waals surface area contributed by atoms with Gasteiger partial charge in [0.25, 0.3) is 5.91 Å². The van der Waals surface area contributed by atoms with Gasteiger partial charge < -0.3 is 14.8 Å². The van der Waals surface area contributed by atoms with Crippen molar-refractivity contribution in [1.29, 1.82) is 0 Å². The summed E-state index contributed by atoms with van der Waals surface area (Å²) in [5.74, 6) is 1.77. The van der Waals surface area contributed by atoms with Crippen LogP contribution < -0.4 is 14.8 Å². The first-order valence-corrected chi connectivity index (χ1v) is 6.72. The largest absolute Gasteiger partial charge is 0.493 e. The van der Waals surface area contributed by atoms with Gasteiger partial charge in [-0.1, -0.05) is 13.0 Å². The third-order valence-corrected chi connectivity index (χ3v) is 3.08. The number of hydrogen-bond acceptors (Lipinski definition) is 3. The highest BCUT2D eigenvalue weighted by molar-refractivity contribution is 6.17. The van der Waals surface area contributed by atoms with Crippen LogP contribution in [0.3, 0.4) is 0 Å². The van der Waals surface area contributed by atoms with Crippen LogP contribution in [0.25, 0.3) is 0 Å². The first-order chi connectivity index (χ1) is 9.13. The van der Waals surface area contributed by atoms with Crippen LogP contribution in [-0.2, 0) is 0 Å². The van der Waals surface area contributed by atoms with Gasteiger partial charge in [-0.2, -0.15) is 0 Å². The van der Waals surface area contributed by atoms with E-state index >= 15 is 0 Å². The van der Waals surface area contributed by atoms with Gasteiger partial charge in [0.15, 0.2) is 11.5 Å². The summed E-state index contributed by atoms with van der Waals surface area (Å²) in [6.07, 6.45) is 0.872. The third-order valence-electron chi connectivity index (χ3n) is 2.86. The van der Waals surface area contributed by atoms with Gasteiger partial charge in [0.2, 0.25) is 0 Å². The molecule has 1 rings (SSSR count). The first kappa shape index (κ1) is 15.6. The van der Waals surface area contributed by atoms with E-state index < -0.39 is 0 Å². The molecule has 5 heteroatoms. The van der Waals surface area contributed by atoms with Gasteiger partial charge in [-0.25, -0.2) is 0 Å². The molecule has 1 aromatic rings. The Morgan fingerprint density at radius 2 is 2.11 bits per heavy atom. The molecular formula is C14H20ClNO3. The maximum absolute atomic E-state index is 12.1. The lowest BCUT2D eigenvalue weighted by Gasteiger charge is -2.14. The Balaban J connectivity index is 2.76. The molecule has 0 bridgehead atoms. The van der Waals surface area contributed by atoms with Crippen LogP contribution in [0.15, 0.2) is 18.2 Å². The van der Waals surface area contributed by atoms with Crippen LogP contribution in [0.4, 0.5) is 0 Å². The van der Waals surface area contributed by atoms with E-state index in [1.54, 1.807) is 25.3 Å². The van der Waals surface area contributed by atoms with E-state index in [-0.39, 0.29) is 5.91 Å². The molecule has 1 unspecified atom stereocenters. The van der Waals surface area contributed by atoms with Gasteiger partial charge in [-0.15, -0.1) is 11.6 Å². The summed E-state index contributed by atoms with van der Waals surface area (Å²) in [6.45, 7) is 2.64. The lowest BCUT2D eigenvalue weighted by Crippen LogP contribution is -2.28. The standard InChI is InChI=1S/C14H20ClNO3/c1-10(7-8-15)9-16-14(17)11-5-4-6-12(18-2)13(11)19-3/h4-6,10H,7-9H2,1-3H3,(H,16,17). The number of carbonyl (C=O) groups is 1. The highest BCUT2D eigenvalue weighted by atomic mass is 35.5. The first-order valence-electron chi connectivity index (χ1n) is 6.19. The number of hydrogen-bond donors (Lipinski definition) is 1. The summed E-state index contributed by atoms with van der Waals surface area (Å²) in [7, 11) is 3.06. The minimum absolute atomic E-state index is 0.169. The number of halogens is 1. The molecule has 106 valence electrons. The van der Waals surface area contributed by atoms with E-state index in [4.69, 9.17) is 21.1 Å². The predicted octanol–water partition coefficient (Wildman–Crippen LogP) is 2.70. The number of para-hydroxylation sites is 1. The molecule has 1 N–H and O–H groups in total. The second-order valence-corrected chi connectivity index (χ2v) is 4.71. The maximum Gasteiger partial charge on any atom is 0.255 e. The summed E-state index contributed by atoms with van der Waals surface area (Å²) in [6, 6.07) is 5.23. The predicted molar refractivity (Wildman–Crippen MR) is 76.4 cm³/mol. The van der Waals surface area contributed by atoms with Crippen molar-refractivity contribution in [2.75, 3.05) is 26.6 Å². The Bertz CT molecular complexity index is 423. The Morgan fingerprint density at radius 1 is 1.37 bits per heavy atom. The van der Waals surface area contributed by atoms with Crippen molar-refractivity contribution in [2.24, 2.45) is 5.92 Å². The molecule has 1 atom stereocenters. The number of amides is 1. The number of nitrogens with one attached hydrogen (secondary N) is 1. The summed E-state index contributed by atoms with van der Waals surface area (Å²) >= 11 is 5.67. The fourth-order valence-corrected chi connectivity index (χ4v) is 2.09. The average molecular weight is 286 g/mol. The number of rotatable bonds is 7. The number of alkyl halides is 1. The van der Waals surface area contributed by atoms with Crippen LogP contribution in [-0.4, -0.2) is 32.6 Å². The molecule has 1 aromatic carbocycles. The molecule has 0 aromatic heterocycles. The number of methoxy groups -OCH3 is 2. The number of benzene rings is 1. The summed E-state index contributed by atoms with van der Waals surface area (Å²) in [5.41, 5.74) is 0.472. The zero-order valence-corrected chi connectivity index (χ0v) is 12.3. The molecule has 0 aliphatic carbocycles. The van der Waals surface area contributed by atoms with Gasteiger partial charge in [0.1, 0.15) is 0 Å².